The monoisotopic (exact) mass is 360 g/mol. The molecule has 2 heterocycles. The Bertz CT molecular complexity index is 751. The fraction of sp³-hybridized carbons (Fsp3) is 0.412. The first-order valence-corrected chi connectivity index (χ1v) is 9.59. The number of hydrogen-bond acceptors (Lipinski definition) is 6. The van der Waals surface area contributed by atoms with Crippen molar-refractivity contribution in [1.29, 1.82) is 5.26 Å². The third kappa shape index (κ3) is 5.05. The molecule has 0 fully saturated rings. The summed E-state index contributed by atoms with van der Waals surface area (Å²) in [6.45, 7) is 5.82. The molecule has 2 aromatic heterocycles. The molecule has 0 saturated carbocycles. The maximum Gasteiger partial charge on any atom is 0.239 e. The van der Waals surface area contributed by atoms with Crippen molar-refractivity contribution in [3.63, 3.8) is 0 Å². The number of aromatic nitrogens is 2. The Morgan fingerprint density at radius 1 is 1.46 bits per heavy atom. The number of thioether (sulfide) groups is 1. The van der Waals surface area contributed by atoms with E-state index in [-0.39, 0.29) is 11.2 Å². The lowest BCUT2D eigenvalue weighted by molar-refractivity contribution is -0.115. The molecule has 0 aromatic carbocycles. The van der Waals surface area contributed by atoms with Gasteiger partial charge < -0.3 is 5.32 Å². The van der Waals surface area contributed by atoms with Crippen LogP contribution in [0, 0.1) is 18.3 Å². The lowest BCUT2D eigenvalue weighted by Gasteiger charge is -2.12. The number of anilines is 1. The van der Waals surface area contributed by atoms with Crippen LogP contribution in [0.3, 0.4) is 0 Å². The van der Waals surface area contributed by atoms with Crippen molar-refractivity contribution in [1.82, 2.24) is 9.97 Å². The topological polar surface area (TPSA) is 78.7 Å². The maximum atomic E-state index is 12.3. The van der Waals surface area contributed by atoms with Crippen molar-refractivity contribution in [2.24, 2.45) is 0 Å². The highest BCUT2D eigenvalue weighted by molar-refractivity contribution is 8.00. The molecule has 5 nitrogen and oxygen atoms in total. The first kappa shape index (κ1) is 18.4. The van der Waals surface area contributed by atoms with Gasteiger partial charge >= 0.3 is 0 Å². The van der Waals surface area contributed by atoms with E-state index in [2.05, 4.69) is 28.3 Å². The van der Waals surface area contributed by atoms with Crippen LogP contribution in [0.2, 0.25) is 0 Å². The molecule has 0 aliphatic carbocycles. The predicted molar refractivity (Wildman–Crippen MR) is 98.4 cm³/mol. The maximum absolute atomic E-state index is 12.3. The van der Waals surface area contributed by atoms with E-state index in [1.54, 1.807) is 6.07 Å². The van der Waals surface area contributed by atoms with Crippen LogP contribution >= 0.6 is 23.1 Å². The first-order valence-electron chi connectivity index (χ1n) is 7.83. The van der Waals surface area contributed by atoms with Crippen LogP contribution in [0.1, 0.15) is 43.6 Å². The van der Waals surface area contributed by atoms with Gasteiger partial charge in [0, 0.05) is 11.1 Å². The van der Waals surface area contributed by atoms with Gasteiger partial charge in [-0.3, -0.25) is 4.79 Å². The van der Waals surface area contributed by atoms with Crippen molar-refractivity contribution in [3.05, 3.63) is 34.5 Å². The van der Waals surface area contributed by atoms with Gasteiger partial charge in [0.05, 0.1) is 16.5 Å². The molecule has 1 amide bonds. The molecule has 2 rings (SSSR count). The molecule has 0 saturated heterocycles. The number of unbranched alkanes of at least 4 members (excludes halogenated alkanes) is 1. The van der Waals surface area contributed by atoms with E-state index in [0.29, 0.717) is 15.7 Å². The minimum absolute atomic E-state index is 0.140. The Balaban J connectivity index is 2.07. The third-order valence-electron chi connectivity index (χ3n) is 3.33. The van der Waals surface area contributed by atoms with E-state index >= 15 is 0 Å². The molecule has 1 N–H and O–H groups in total. The largest absolute Gasteiger partial charge is 0.301 e. The Labute approximate surface area is 150 Å². The smallest absolute Gasteiger partial charge is 0.239 e. The normalized spacial score (nSPS) is 11.8. The molecular formula is C17H20N4OS2. The Morgan fingerprint density at radius 3 is 2.88 bits per heavy atom. The highest BCUT2D eigenvalue weighted by Crippen LogP contribution is 2.27. The van der Waals surface area contributed by atoms with Crippen LogP contribution in [-0.4, -0.2) is 21.1 Å². The summed E-state index contributed by atoms with van der Waals surface area (Å²) in [4.78, 5) is 21.1. The zero-order chi connectivity index (χ0) is 17.5. The molecular weight excluding hydrogens is 340 g/mol. The predicted octanol–water partition coefficient (Wildman–Crippen LogP) is 4.18. The summed E-state index contributed by atoms with van der Waals surface area (Å²) < 4.78 is 0. The van der Waals surface area contributed by atoms with Crippen LogP contribution in [0.25, 0.3) is 0 Å². The van der Waals surface area contributed by atoms with Crippen LogP contribution < -0.4 is 5.32 Å². The van der Waals surface area contributed by atoms with Gasteiger partial charge in [0.1, 0.15) is 11.1 Å². The van der Waals surface area contributed by atoms with E-state index in [0.717, 1.165) is 30.7 Å². The fourth-order valence-corrected chi connectivity index (χ4v) is 3.59. The van der Waals surface area contributed by atoms with E-state index < -0.39 is 0 Å². The molecule has 0 aliphatic heterocycles. The van der Waals surface area contributed by atoms with Crippen molar-refractivity contribution >= 4 is 34.1 Å². The van der Waals surface area contributed by atoms with Crippen LogP contribution in [0.4, 0.5) is 5.13 Å². The second-order valence-corrected chi connectivity index (χ2v) is 7.60. The molecule has 1 unspecified atom stereocenters. The zero-order valence-electron chi connectivity index (χ0n) is 14.0. The molecule has 0 spiro atoms. The van der Waals surface area contributed by atoms with Gasteiger partial charge in [-0.2, -0.15) is 5.26 Å². The number of rotatable bonds is 7. The van der Waals surface area contributed by atoms with Crippen LogP contribution in [0.5, 0.6) is 0 Å². The standard InChI is InChI=1S/C17H20N4OS2/c1-4-5-6-14-8-7-13(9-18)16(20-14)24-12(3)15(22)21-17-19-11(2)10-23-17/h7-8,10,12H,4-6H2,1-3H3,(H,19,21,22). The molecule has 24 heavy (non-hydrogen) atoms. The number of carbonyl (C=O) groups excluding carboxylic acids is 1. The quantitative estimate of drug-likeness (QED) is 0.749. The molecule has 126 valence electrons. The second-order valence-electron chi connectivity index (χ2n) is 5.41. The summed E-state index contributed by atoms with van der Waals surface area (Å²) in [5, 5.41) is 14.8. The van der Waals surface area contributed by atoms with E-state index in [1.165, 1.54) is 23.1 Å². The minimum Gasteiger partial charge on any atom is -0.301 e. The van der Waals surface area contributed by atoms with E-state index in [4.69, 9.17) is 0 Å². The van der Waals surface area contributed by atoms with Gasteiger partial charge in [-0.15, -0.1) is 11.3 Å². The average molecular weight is 361 g/mol. The van der Waals surface area contributed by atoms with E-state index in [1.807, 2.05) is 25.3 Å². The van der Waals surface area contributed by atoms with Crippen molar-refractivity contribution in [3.8, 4) is 6.07 Å². The minimum atomic E-state index is -0.366. The van der Waals surface area contributed by atoms with Crippen molar-refractivity contribution in [2.45, 2.75) is 50.3 Å². The van der Waals surface area contributed by atoms with Gasteiger partial charge in [-0.1, -0.05) is 25.1 Å². The van der Waals surface area contributed by atoms with Crippen molar-refractivity contribution < 1.29 is 4.79 Å². The lowest BCUT2D eigenvalue weighted by atomic mass is 10.2. The highest BCUT2D eigenvalue weighted by atomic mass is 32.2. The number of nitrogens with zero attached hydrogens (tertiary/aromatic N) is 3. The van der Waals surface area contributed by atoms with Gasteiger partial charge in [0.15, 0.2) is 5.13 Å². The molecule has 7 heteroatoms. The Kier molecular flexibility index (Phi) is 6.76. The fourth-order valence-electron chi connectivity index (χ4n) is 1.99. The summed E-state index contributed by atoms with van der Waals surface area (Å²) in [6, 6.07) is 5.83. The summed E-state index contributed by atoms with van der Waals surface area (Å²) in [5.41, 5.74) is 2.35. The molecule has 1 atom stereocenters. The molecule has 0 radical (unpaired) electrons. The number of amides is 1. The molecule has 0 bridgehead atoms. The molecule has 0 aliphatic rings. The molecule has 2 aromatic rings. The summed E-state index contributed by atoms with van der Waals surface area (Å²) >= 11 is 2.71. The number of aryl methyl sites for hydroxylation is 2. The highest BCUT2D eigenvalue weighted by Gasteiger charge is 2.19. The van der Waals surface area contributed by atoms with Crippen molar-refractivity contribution in [2.75, 3.05) is 5.32 Å². The number of hydrogen-bond donors (Lipinski definition) is 1. The summed E-state index contributed by atoms with van der Waals surface area (Å²) in [5.74, 6) is -0.140. The Hall–Kier alpha value is -1.91. The summed E-state index contributed by atoms with van der Waals surface area (Å²) in [6.07, 6.45) is 3.04. The van der Waals surface area contributed by atoms with Crippen LogP contribution in [-0.2, 0) is 11.2 Å². The van der Waals surface area contributed by atoms with Gasteiger partial charge in [-0.25, -0.2) is 9.97 Å². The van der Waals surface area contributed by atoms with Gasteiger partial charge in [0.25, 0.3) is 0 Å². The van der Waals surface area contributed by atoms with Crippen LogP contribution in [0.15, 0.2) is 22.5 Å². The van der Waals surface area contributed by atoms with E-state index in [9.17, 15) is 10.1 Å². The lowest BCUT2D eigenvalue weighted by Crippen LogP contribution is -2.22. The average Bonchev–Trinajstić information content (AvgIpc) is 2.98. The zero-order valence-corrected chi connectivity index (χ0v) is 15.6. The number of nitrogens with one attached hydrogen (secondary N) is 1. The second kappa shape index (κ2) is 8.81. The SMILES string of the molecule is CCCCc1ccc(C#N)c(SC(C)C(=O)Nc2nc(C)cs2)n1. The summed E-state index contributed by atoms with van der Waals surface area (Å²) in [7, 11) is 0. The number of carbonyl (C=O) groups is 1. The number of thiazole rings is 1. The van der Waals surface area contributed by atoms with Gasteiger partial charge in [-0.05, 0) is 38.8 Å². The number of pyridine rings is 1. The third-order valence-corrected chi connectivity index (χ3v) is 5.31. The van der Waals surface area contributed by atoms with Gasteiger partial charge in [0.2, 0.25) is 5.91 Å². The first-order chi connectivity index (χ1) is 11.5. The Morgan fingerprint density at radius 2 is 2.25 bits per heavy atom. The number of nitriles is 1.